The van der Waals surface area contributed by atoms with Gasteiger partial charge >= 0.3 is 0 Å². The Morgan fingerprint density at radius 2 is 1.74 bits per heavy atom. The molecule has 0 atom stereocenters. The van der Waals surface area contributed by atoms with E-state index in [9.17, 15) is 8.42 Å². The van der Waals surface area contributed by atoms with Crippen molar-refractivity contribution < 1.29 is 8.42 Å². The van der Waals surface area contributed by atoms with Crippen molar-refractivity contribution in [3.63, 3.8) is 0 Å². The zero-order valence-electron chi connectivity index (χ0n) is 14.2. The number of rotatable bonds is 5. The SMILES string of the molecule is O=S(=O)(NCc1c(-c2ccccc2)nc2ccccn12)c1cccc(Br)c1. The third-order valence-electron chi connectivity index (χ3n) is 4.21. The molecule has 0 amide bonds. The van der Waals surface area contributed by atoms with Gasteiger partial charge in [0.1, 0.15) is 5.65 Å². The highest BCUT2D eigenvalue weighted by Crippen LogP contribution is 2.25. The Labute approximate surface area is 165 Å². The van der Waals surface area contributed by atoms with Gasteiger partial charge in [0.05, 0.1) is 22.8 Å². The molecule has 0 spiro atoms. The van der Waals surface area contributed by atoms with Crippen molar-refractivity contribution in [1.29, 1.82) is 0 Å². The molecule has 0 aliphatic rings. The molecule has 0 aliphatic heterocycles. The van der Waals surface area contributed by atoms with E-state index in [0.29, 0.717) is 4.47 Å². The van der Waals surface area contributed by atoms with Gasteiger partial charge in [-0.2, -0.15) is 0 Å². The molecular formula is C20H16BrN3O2S. The highest BCUT2D eigenvalue weighted by Gasteiger charge is 2.18. The lowest BCUT2D eigenvalue weighted by Gasteiger charge is -2.09. The van der Waals surface area contributed by atoms with Gasteiger partial charge in [-0.3, -0.25) is 0 Å². The Morgan fingerprint density at radius 1 is 0.963 bits per heavy atom. The molecule has 0 aliphatic carbocycles. The van der Waals surface area contributed by atoms with Crippen LogP contribution < -0.4 is 4.72 Å². The second-order valence-electron chi connectivity index (χ2n) is 5.98. The molecule has 0 bridgehead atoms. The van der Waals surface area contributed by atoms with Crippen molar-refractivity contribution in [2.24, 2.45) is 0 Å². The molecule has 0 saturated carbocycles. The van der Waals surface area contributed by atoms with Gasteiger partial charge in [0, 0.05) is 16.2 Å². The lowest BCUT2D eigenvalue weighted by atomic mass is 10.1. The maximum absolute atomic E-state index is 12.7. The van der Waals surface area contributed by atoms with E-state index >= 15 is 0 Å². The minimum absolute atomic E-state index is 0.129. The summed E-state index contributed by atoms with van der Waals surface area (Å²) >= 11 is 3.31. The molecule has 4 aromatic rings. The van der Waals surface area contributed by atoms with E-state index in [1.165, 1.54) is 0 Å². The number of sulfonamides is 1. The Hall–Kier alpha value is -2.48. The van der Waals surface area contributed by atoms with E-state index in [1.807, 2.05) is 59.1 Å². The molecule has 4 rings (SSSR count). The molecule has 7 heteroatoms. The Balaban J connectivity index is 1.73. The Kier molecular flexibility index (Phi) is 4.82. The highest BCUT2D eigenvalue weighted by atomic mass is 79.9. The maximum Gasteiger partial charge on any atom is 0.240 e. The molecule has 0 radical (unpaired) electrons. The van der Waals surface area contributed by atoms with Crippen LogP contribution in [0.3, 0.4) is 0 Å². The number of aromatic nitrogens is 2. The van der Waals surface area contributed by atoms with Gasteiger partial charge in [-0.25, -0.2) is 18.1 Å². The summed E-state index contributed by atoms with van der Waals surface area (Å²) in [7, 11) is -3.65. The number of fused-ring (bicyclic) bond motifs is 1. The number of halogens is 1. The van der Waals surface area contributed by atoms with Crippen LogP contribution in [0.2, 0.25) is 0 Å². The number of benzene rings is 2. The number of pyridine rings is 1. The Bertz CT molecular complexity index is 1200. The van der Waals surface area contributed by atoms with Crippen molar-refractivity contribution in [2.45, 2.75) is 11.4 Å². The molecule has 2 aromatic heterocycles. The normalized spacial score (nSPS) is 11.7. The van der Waals surface area contributed by atoms with E-state index in [0.717, 1.165) is 22.6 Å². The second kappa shape index (κ2) is 7.26. The van der Waals surface area contributed by atoms with Gasteiger partial charge in [-0.1, -0.05) is 58.4 Å². The first-order valence-electron chi connectivity index (χ1n) is 8.31. The monoisotopic (exact) mass is 441 g/mol. The Morgan fingerprint density at radius 3 is 2.52 bits per heavy atom. The van der Waals surface area contributed by atoms with Crippen molar-refractivity contribution in [3.05, 3.63) is 89.2 Å². The molecule has 0 unspecified atom stereocenters. The van der Waals surface area contributed by atoms with E-state index in [4.69, 9.17) is 4.98 Å². The minimum atomic E-state index is -3.65. The van der Waals surface area contributed by atoms with Crippen LogP contribution in [0.5, 0.6) is 0 Å². The quantitative estimate of drug-likeness (QED) is 0.503. The van der Waals surface area contributed by atoms with Crippen LogP contribution in [0.25, 0.3) is 16.9 Å². The summed E-state index contributed by atoms with van der Waals surface area (Å²) in [6, 6.07) is 22.1. The molecule has 2 heterocycles. The minimum Gasteiger partial charge on any atom is -0.302 e. The number of imidazole rings is 1. The van der Waals surface area contributed by atoms with E-state index < -0.39 is 10.0 Å². The van der Waals surface area contributed by atoms with Gasteiger partial charge in [0.15, 0.2) is 0 Å². The summed E-state index contributed by atoms with van der Waals surface area (Å²) < 4.78 is 30.7. The lowest BCUT2D eigenvalue weighted by molar-refractivity contribution is 0.580. The number of hydrogen-bond donors (Lipinski definition) is 1. The predicted molar refractivity (Wildman–Crippen MR) is 109 cm³/mol. The predicted octanol–water partition coefficient (Wildman–Crippen LogP) is 4.24. The molecule has 136 valence electrons. The molecular weight excluding hydrogens is 426 g/mol. The summed E-state index contributed by atoms with van der Waals surface area (Å²) in [6.07, 6.45) is 1.89. The summed E-state index contributed by atoms with van der Waals surface area (Å²) in [6.45, 7) is 0.129. The molecule has 5 nitrogen and oxygen atoms in total. The van der Waals surface area contributed by atoms with Crippen LogP contribution in [-0.4, -0.2) is 17.8 Å². The molecule has 27 heavy (non-hydrogen) atoms. The van der Waals surface area contributed by atoms with Gasteiger partial charge < -0.3 is 4.40 Å². The van der Waals surface area contributed by atoms with Crippen molar-refractivity contribution in [2.75, 3.05) is 0 Å². The van der Waals surface area contributed by atoms with E-state index in [2.05, 4.69) is 20.7 Å². The topological polar surface area (TPSA) is 63.5 Å². The first-order chi connectivity index (χ1) is 13.0. The third kappa shape index (κ3) is 3.66. The molecule has 0 saturated heterocycles. The molecule has 1 N–H and O–H groups in total. The fourth-order valence-electron chi connectivity index (χ4n) is 2.92. The zero-order valence-corrected chi connectivity index (χ0v) is 16.6. The maximum atomic E-state index is 12.7. The summed E-state index contributed by atoms with van der Waals surface area (Å²) in [5.41, 5.74) is 3.26. The smallest absolute Gasteiger partial charge is 0.240 e. The van der Waals surface area contributed by atoms with Crippen LogP contribution in [0, 0.1) is 0 Å². The first kappa shape index (κ1) is 17.9. The van der Waals surface area contributed by atoms with Crippen LogP contribution in [-0.2, 0) is 16.6 Å². The highest BCUT2D eigenvalue weighted by molar-refractivity contribution is 9.10. The standard InChI is InChI=1S/C20H16BrN3O2S/c21-16-9-6-10-17(13-16)27(25,26)22-14-18-20(15-7-2-1-3-8-15)23-19-11-4-5-12-24(18)19/h1-13,22H,14H2. The van der Waals surface area contributed by atoms with Crippen molar-refractivity contribution in [1.82, 2.24) is 14.1 Å². The van der Waals surface area contributed by atoms with Gasteiger partial charge in [0.25, 0.3) is 0 Å². The fraction of sp³-hybridized carbons (Fsp3) is 0.0500. The van der Waals surface area contributed by atoms with Crippen LogP contribution in [0.15, 0.2) is 88.4 Å². The number of hydrogen-bond acceptors (Lipinski definition) is 3. The second-order valence-corrected chi connectivity index (χ2v) is 8.67. The van der Waals surface area contributed by atoms with Crippen molar-refractivity contribution in [3.8, 4) is 11.3 Å². The van der Waals surface area contributed by atoms with E-state index in [-0.39, 0.29) is 11.4 Å². The average molecular weight is 442 g/mol. The van der Waals surface area contributed by atoms with Gasteiger partial charge in [-0.05, 0) is 30.3 Å². The first-order valence-corrected chi connectivity index (χ1v) is 10.6. The summed E-state index contributed by atoms with van der Waals surface area (Å²) in [5.74, 6) is 0. The molecule has 2 aromatic carbocycles. The summed E-state index contributed by atoms with van der Waals surface area (Å²) in [5, 5.41) is 0. The fourth-order valence-corrected chi connectivity index (χ4v) is 4.51. The van der Waals surface area contributed by atoms with E-state index in [1.54, 1.807) is 24.3 Å². The van der Waals surface area contributed by atoms with Crippen molar-refractivity contribution >= 4 is 31.6 Å². The van der Waals surface area contributed by atoms with Gasteiger partial charge in [-0.15, -0.1) is 0 Å². The zero-order chi connectivity index (χ0) is 18.9. The van der Waals surface area contributed by atoms with Crippen LogP contribution >= 0.6 is 15.9 Å². The largest absolute Gasteiger partial charge is 0.302 e. The molecule has 0 fully saturated rings. The average Bonchev–Trinajstić information content (AvgIpc) is 3.06. The third-order valence-corrected chi connectivity index (χ3v) is 6.10. The lowest BCUT2D eigenvalue weighted by Crippen LogP contribution is -2.24. The van der Waals surface area contributed by atoms with Crippen LogP contribution in [0.1, 0.15) is 5.69 Å². The van der Waals surface area contributed by atoms with Gasteiger partial charge in [0.2, 0.25) is 10.0 Å². The number of nitrogens with zero attached hydrogens (tertiary/aromatic N) is 2. The summed E-state index contributed by atoms with van der Waals surface area (Å²) in [4.78, 5) is 4.91. The number of nitrogens with one attached hydrogen (secondary N) is 1. The van der Waals surface area contributed by atoms with Crippen LogP contribution in [0.4, 0.5) is 0 Å².